The summed E-state index contributed by atoms with van der Waals surface area (Å²) >= 11 is 3.41. The summed E-state index contributed by atoms with van der Waals surface area (Å²) in [5.74, 6) is 0.692. The first-order chi connectivity index (χ1) is 10.2. The third-order valence-electron chi connectivity index (χ3n) is 3.11. The zero-order valence-corrected chi connectivity index (χ0v) is 12.7. The summed E-state index contributed by atoms with van der Waals surface area (Å²) < 4.78 is 2.81. The van der Waals surface area contributed by atoms with Crippen LogP contribution in [0.25, 0.3) is 11.5 Å². The van der Waals surface area contributed by atoms with Gasteiger partial charge in [-0.15, -0.1) is 0 Å². The molecule has 1 aromatic carbocycles. The third kappa shape index (κ3) is 3.17. The molecular weight excluding hydrogens is 332 g/mol. The van der Waals surface area contributed by atoms with E-state index in [0.29, 0.717) is 18.1 Å². The molecule has 0 radical (unpaired) electrons. The van der Waals surface area contributed by atoms with Crippen LogP contribution in [0.1, 0.15) is 11.7 Å². The van der Waals surface area contributed by atoms with Crippen molar-refractivity contribution in [1.29, 1.82) is 0 Å². The number of hydrogen-bond acceptors (Lipinski definition) is 4. The van der Waals surface area contributed by atoms with Gasteiger partial charge in [-0.05, 0) is 17.7 Å². The molecule has 6 heteroatoms. The maximum atomic E-state index is 10.4. The fourth-order valence-corrected chi connectivity index (χ4v) is 2.53. The number of aliphatic hydroxyl groups excluding tert-OH is 1. The van der Waals surface area contributed by atoms with E-state index >= 15 is 0 Å². The first-order valence-corrected chi connectivity index (χ1v) is 7.24. The largest absolute Gasteiger partial charge is 0.387 e. The minimum atomic E-state index is -0.618. The van der Waals surface area contributed by atoms with Gasteiger partial charge in [0.2, 0.25) is 0 Å². The van der Waals surface area contributed by atoms with E-state index in [4.69, 9.17) is 0 Å². The van der Waals surface area contributed by atoms with Crippen LogP contribution in [0.5, 0.6) is 0 Å². The Hall–Kier alpha value is -2.05. The van der Waals surface area contributed by atoms with E-state index in [-0.39, 0.29) is 0 Å². The molecule has 0 aliphatic heterocycles. The average molecular weight is 345 g/mol. The summed E-state index contributed by atoms with van der Waals surface area (Å²) in [6, 6.07) is 7.64. The van der Waals surface area contributed by atoms with Gasteiger partial charge < -0.3 is 9.67 Å². The van der Waals surface area contributed by atoms with Crippen molar-refractivity contribution in [2.45, 2.75) is 12.6 Å². The number of nitrogens with zero attached hydrogens (tertiary/aromatic N) is 4. The maximum absolute atomic E-state index is 10.4. The minimum absolute atomic E-state index is 0.405. The molecular formula is C15H13BrN4O. The topological polar surface area (TPSA) is 63.8 Å². The quantitative estimate of drug-likeness (QED) is 0.790. The molecule has 0 saturated heterocycles. The monoisotopic (exact) mass is 344 g/mol. The molecule has 1 N–H and O–H groups in total. The Morgan fingerprint density at radius 1 is 1.19 bits per heavy atom. The molecule has 2 aromatic heterocycles. The molecule has 3 rings (SSSR count). The highest BCUT2D eigenvalue weighted by atomic mass is 79.9. The number of aromatic nitrogens is 4. The second kappa shape index (κ2) is 6.15. The van der Waals surface area contributed by atoms with Crippen molar-refractivity contribution in [2.24, 2.45) is 0 Å². The lowest BCUT2D eigenvalue weighted by atomic mass is 10.1. The van der Waals surface area contributed by atoms with Crippen molar-refractivity contribution < 1.29 is 5.11 Å². The summed E-state index contributed by atoms with van der Waals surface area (Å²) in [6.45, 7) is 0.405. The lowest BCUT2D eigenvalue weighted by molar-refractivity contribution is 0.157. The first-order valence-electron chi connectivity index (χ1n) is 6.45. The van der Waals surface area contributed by atoms with Crippen molar-refractivity contribution in [3.63, 3.8) is 0 Å². The van der Waals surface area contributed by atoms with Crippen LogP contribution in [0.4, 0.5) is 0 Å². The molecule has 0 fully saturated rings. The fraction of sp³-hybridized carbons (Fsp3) is 0.133. The van der Waals surface area contributed by atoms with E-state index in [1.54, 1.807) is 24.8 Å². The van der Waals surface area contributed by atoms with Crippen molar-refractivity contribution in [2.75, 3.05) is 0 Å². The lowest BCUT2D eigenvalue weighted by Crippen LogP contribution is -2.09. The Bertz CT molecular complexity index is 729. The average Bonchev–Trinajstić information content (AvgIpc) is 2.96. The number of imidazole rings is 1. The predicted octanol–water partition coefficient (Wildman–Crippen LogP) is 2.84. The standard InChI is InChI=1S/C15H13BrN4O/c16-12-3-1-2-11(8-12)14(21)10-20-7-6-19-15(20)13-9-17-4-5-18-13/h1-9,14,21H,10H2. The Labute approximate surface area is 130 Å². The van der Waals surface area contributed by atoms with E-state index in [9.17, 15) is 5.11 Å². The van der Waals surface area contributed by atoms with Gasteiger partial charge in [0, 0.05) is 29.3 Å². The summed E-state index contributed by atoms with van der Waals surface area (Å²) in [5.41, 5.74) is 1.53. The van der Waals surface area contributed by atoms with Gasteiger partial charge in [0.05, 0.1) is 18.8 Å². The molecule has 0 aliphatic carbocycles. The molecule has 21 heavy (non-hydrogen) atoms. The highest BCUT2D eigenvalue weighted by molar-refractivity contribution is 9.10. The van der Waals surface area contributed by atoms with E-state index < -0.39 is 6.10 Å². The Morgan fingerprint density at radius 2 is 2.10 bits per heavy atom. The van der Waals surface area contributed by atoms with Gasteiger partial charge in [0.25, 0.3) is 0 Å². The predicted molar refractivity (Wildman–Crippen MR) is 82.4 cm³/mol. The van der Waals surface area contributed by atoms with Gasteiger partial charge in [0.1, 0.15) is 5.69 Å². The van der Waals surface area contributed by atoms with E-state index in [1.165, 1.54) is 0 Å². The van der Waals surface area contributed by atoms with Gasteiger partial charge in [-0.2, -0.15) is 0 Å². The summed E-state index contributed by atoms with van der Waals surface area (Å²) in [5, 5.41) is 10.4. The van der Waals surface area contributed by atoms with Crippen LogP contribution in [0, 0.1) is 0 Å². The Kier molecular flexibility index (Phi) is 4.08. The number of hydrogen-bond donors (Lipinski definition) is 1. The fourth-order valence-electron chi connectivity index (χ4n) is 2.11. The van der Waals surface area contributed by atoms with Crippen LogP contribution in [0.3, 0.4) is 0 Å². The molecule has 5 nitrogen and oxygen atoms in total. The summed E-state index contributed by atoms with van der Waals surface area (Å²) in [4.78, 5) is 12.6. The van der Waals surface area contributed by atoms with Crippen LogP contribution >= 0.6 is 15.9 Å². The smallest absolute Gasteiger partial charge is 0.160 e. The van der Waals surface area contributed by atoms with E-state index in [1.807, 2.05) is 35.0 Å². The van der Waals surface area contributed by atoms with E-state index in [2.05, 4.69) is 30.9 Å². The number of rotatable bonds is 4. The van der Waals surface area contributed by atoms with Crippen LogP contribution in [0.15, 0.2) is 59.7 Å². The minimum Gasteiger partial charge on any atom is -0.387 e. The van der Waals surface area contributed by atoms with Crippen LogP contribution in [-0.4, -0.2) is 24.6 Å². The van der Waals surface area contributed by atoms with Gasteiger partial charge in [0.15, 0.2) is 5.82 Å². The van der Waals surface area contributed by atoms with Crippen molar-refractivity contribution in [3.8, 4) is 11.5 Å². The van der Waals surface area contributed by atoms with Crippen LogP contribution in [-0.2, 0) is 6.54 Å². The zero-order chi connectivity index (χ0) is 14.7. The zero-order valence-electron chi connectivity index (χ0n) is 11.1. The second-order valence-corrected chi connectivity index (χ2v) is 5.48. The summed E-state index contributed by atoms with van der Waals surface area (Å²) in [6.07, 6.45) is 7.80. The third-order valence-corrected chi connectivity index (χ3v) is 3.60. The number of halogens is 1. The maximum Gasteiger partial charge on any atom is 0.160 e. The van der Waals surface area contributed by atoms with Crippen molar-refractivity contribution in [3.05, 3.63) is 65.3 Å². The molecule has 2 heterocycles. The van der Waals surface area contributed by atoms with Crippen molar-refractivity contribution >= 4 is 15.9 Å². The van der Waals surface area contributed by atoms with Crippen molar-refractivity contribution in [1.82, 2.24) is 19.5 Å². The molecule has 0 amide bonds. The lowest BCUT2D eigenvalue weighted by Gasteiger charge is -2.14. The Morgan fingerprint density at radius 3 is 2.86 bits per heavy atom. The van der Waals surface area contributed by atoms with Gasteiger partial charge in [-0.1, -0.05) is 28.1 Å². The molecule has 0 aliphatic rings. The SMILES string of the molecule is OC(Cn1ccnc1-c1cnccn1)c1cccc(Br)c1. The van der Waals surface area contributed by atoms with Gasteiger partial charge >= 0.3 is 0 Å². The number of benzene rings is 1. The molecule has 0 bridgehead atoms. The molecule has 1 atom stereocenters. The van der Waals surface area contributed by atoms with Gasteiger partial charge in [-0.25, -0.2) is 9.97 Å². The van der Waals surface area contributed by atoms with E-state index in [0.717, 1.165) is 10.0 Å². The van der Waals surface area contributed by atoms with Gasteiger partial charge in [-0.3, -0.25) is 4.98 Å². The molecule has 0 saturated carbocycles. The summed E-state index contributed by atoms with van der Waals surface area (Å²) in [7, 11) is 0. The normalized spacial score (nSPS) is 12.3. The second-order valence-electron chi connectivity index (χ2n) is 4.56. The van der Waals surface area contributed by atoms with Crippen LogP contribution in [0.2, 0.25) is 0 Å². The molecule has 3 aromatic rings. The first kappa shape index (κ1) is 13.9. The number of aliphatic hydroxyl groups is 1. The molecule has 1 unspecified atom stereocenters. The molecule has 106 valence electrons. The van der Waals surface area contributed by atoms with Crippen LogP contribution < -0.4 is 0 Å². The Balaban J connectivity index is 1.85. The molecule has 0 spiro atoms. The highest BCUT2D eigenvalue weighted by Gasteiger charge is 2.13. The highest BCUT2D eigenvalue weighted by Crippen LogP contribution is 2.22.